The van der Waals surface area contributed by atoms with E-state index in [1.165, 1.54) is 0 Å². The Kier molecular flexibility index (Phi) is 4.49. The molecule has 1 aliphatic rings. The van der Waals surface area contributed by atoms with Crippen LogP contribution >= 0.6 is 23.2 Å². The highest BCUT2D eigenvalue weighted by molar-refractivity contribution is 6.35. The van der Waals surface area contributed by atoms with Gasteiger partial charge >= 0.3 is 5.97 Å². The van der Waals surface area contributed by atoms with Crippen molar-refractivity contribution >= 4 is 35.1 Å². The van der Waals surface area contributed by atoms with Crippen molar-refractivity contribution in [3.05, 3.63) is 33.8 Å². The molecular weight excluding hydrogens is 313 g/mol. The second kappa shape index (κ2) is 5.85. The Morgan fingerprint density at radius 1 is 1.38 bits per heavy atom. The van der Waals surface area contributed by atoms with Gasteiger partial charge in [0.05, 0.1) is 5.41 Å². The van der Waals surface area contributed by atoms with Gasteiger partial charge in [-0.2, -0.15) is 0 Å². The summed E-state index contributed by atoms with van der Waals surface area (Å²) in [5.74, 6) is -1.12. The largest absolute Gasteiger partial charge is 0.481 e. The number of carbonyl (C=O) groups is 2. The number of hydrogen-bond acceptors (Lipinski definition) is 2. The van der Waals surface area contributed by atoms with Gasteiger partial charge in [-0.25, -0.2) is 0 Å². The molecule has 1 aromatic rings. The van der Waals surface area contributed by atoms with Crippen molar-refractivity contribution in [3.8, 4) is 0 Å². The zero-order chi connectivity index (χ0) is 15.8. The quantitative estimate of drug-likeness (QED) is 0.870. The number of rotatable bonds is 5. The van der Waals surface area contributed by atoms with Crippen LogP contribution in [-0.4, -0.2) is 23.5 Å². The van der Waals surface area contributed by atoms with Crippen LogP contribution < -0.4 is 5.32 Å². The third-order valence-electron chi connectivity index (χ3n) is 3.77. The lowest BCUT2D eigenvalue weighted by Gasteiger charge is -2.19. The zero-order valence-electron chi connectivity index (χ0n) is 11.8. The lowest BCUT2D eigenvalue weighted by atomic mass is 9.94. The summed E-state index contributed by atoms with van der Waals surface area (Å²) in [6, 6.07) is 5.26. The fraction of sp³-hybridized carbons (Fsp3) is 0.467. The number of carbonyl (C=O) groups excluding carboxylic acids is 1. The van der Waals surface area contributed by atoms with Crippen LogP contribution in [0.25, 0.3) is 0 Å². The maximum absolute atomic E-state index is 12.1. The molecule has 1 saturated carbocycles. The topological polar surface area (TPSA) is 66.4 Å². The average Bonchev–Trinajstić information content (AvgIpc) is 3.16. The summed E-state index contributed by atoms with van der Waals surface area (Å²) >= 11 is 12.0. The first-order valence-corrected chi connectivity index (χ1v) is 7.44. The molecule has 1 aliphatic carbocycles. The van der Waals surface area contributed by atoms with Crippen LogP contribution in [0.2, 0.25) is 10.0 Å². The Bertz CT molecular complexity index is 586. The molecule has 0 radical (unpaired) electrons. The van der Waals surface area contributed by atoms with Crippen molar-refractivity contribution in [2.75, 3.05) is 6.54 Å². The fourth-order valence-electron chi connectivity index (χ4n) is 2.15. The first-order valence-electron chi connectivity index (χ1n) is 6.68. The van der Waals surface area contributed by atoms with Gasteiger partial charge < -0.3 is 10.4 Å². The van der Waals surface area contributed by atoms with Crippen LogP contribution in [0.3, 0.4) is 0 Å². The molecule has 4 nitrogen and oxygen atoms in total. The first-order chi connectivity index (χ1) is 9.72. The highest BCUT2D eigenvalue weighted by atomic mass is 35.5. The second-order valence-electron chi connectivity index (χ2n) is 6.02. The Morgan fingerprint density at radius 2 is 2.05 bits per heavy atom. The average molecular weight is 330 g/mol. The number of nitrogens with one attached hydrogen (secondary N) is 1. The van der Waals surface area contributed by atoms with Gasteiger partial charge in [0.15, 0.2) is 0 Å². The molecule has 0 aliphatic heterocycles. The van der Waals surface area contributed by atoms with Gasteiger partial charge in [0.2, 0.25) is 5.91 Å². The van der Waals surface area contributed by atoms with E-state index in [0.717, 1.165) is 12.0 Å². The van der Waals surface area contributed by atoms with Crippen LogP contribution in [-0.2, 0) is 9.59 Å². The summed E-state index contributed by atoms with van der Waals surface area (Å²) in [7, 11) is 0. The number of hydrogen-bond donors (Lipinski definition) is 2. The molecule has 1 fully saturated rings. The number of amides is 1. The molecule has 114 valence electrons. The Labute approximate surface area is 133 Å². The number of aliphatic carboxylic acids is 1. The third-order valence-corrected chi connectivity index (χ3v) is 4.34. The molecule has 0 spiro atoms. The Balaban J connectivity index is 1.94. The van der Waals surface area contributed by atoms with Gasteiger partial charge in [-0.15, -0.1) is 0 Å². The van der Waals surface area contributed by atoms with Gasteiger partial charge in [0, 0.05) is 22.5 Å². The van der Waals surface area contributed by atoms with Crippen LogP contribution in [0.1, 0.15) is 31.7 Å². The summed E-state index contributed by atoms with van der Waals surface area (Å²) in [5.41, 5.74) is -0.0588. The van der Waals surface area contributed by atoms with Crippen LogP contribution in [0, 0.1) is 11.3 Å². The van der Waals surface area contributed by atoms with Crippen molar-refractivity contribution in [2.24, 2.45) is 11.3 Å². The lowest BCUT2D eigenvalue weighted by molar-refractivity contribution is -0.146. The summed E-state index contributed by atoms with van der Waals surface area (Å²) < 4.78 is 0. The van der Waals surface area contributed by atoms with Gasteiger partial charge in [-0.3, -0.25) is 9.59 Å². The molecule has 6 heteroatoms. The van der Waals surface area contributed by atoms with E-state index < -0.39 is 11.4 Å². The number of carboxylic acid groups (broad SMARTS) is 1. The predicted octanol–water partition coefficient (Wildman–Crippen LogP) is 3.32. The SMILES string of the molecule is CC(C)(CNC(=O)C1CC1c1ccc(Cl)cc1Cl)C(=O)O. The third kappa shape index (κ3) is 3.69. The number of carboxylic acids is 1. The van der Waals surface area contributed by atoms with Gasteiger partial charge in [-0.05, 0) is 43.9 Å². The van der Waals surface area contributed by atoms with E-state index in [-0.39, 0.29) is 24.3 Å². The van der Waals surface area contributed by atoms with E-state index in [4.69, 9.17) is 28.3 Å². The predicted molar refractivity (Wildman–Crippen MR) is 81.7 cm³/mol. The van der Waals surface area contributed by atoms with Crippen LogP contribution in [0.15, 0.2) is 18.2 Å². The van der Waals surface area contributed by atoms with E-state index >= 15 is 0 Å². The molecule has 2 unspecified atom stereocenters. The van der Waals surface area contributed by atoms with Crippen molar-refractivity contribution in [1.82, 2.24) is 5.32 Å². The van der Waals surface area contributed by atoms with E-state index in [1.807, 2.05) is 6.07 Å². The van der Waals surface area contributed by atoms with Crippen LogP contribution in [0.5, 0.6) is 0 Å². The minimum Gasteiger partial charge on any atom is -0.481 e. The van der Waals surface area contributed by atoms with E-state index in [9.17, 15) is 9.59 Å². The molecule has 0 aromatic heterocycles. The monoisotopic (exact) mass is 329 g/mol. The number of halogens is 2. The normalized spacial score (nSPS) is 21.0. The van der Waals surface area contributed by atoms with Crippen molar-refractivity contribution in [1.29, 1.82) is 0 Å². The summed E-state index contributed by atoms with van der Waals surface area (Å²) in [6.07, 6.45) is 0.723. The molecule has 1 amide bonds. The Hall–Kier alpha value is -1.26. The van der Waals surface area contributed by atoms with E-state index in [2.05, 4.69) is 5.32 Å². The molecule has 0 heterocycles. The number of benzene rings is 1. The fourth-order valence-corrected chi connectivity index (χ4v) is 2.69. The van der Waals surface area contributed by atoms with E-state index in [0.29, 0.717) is 10.0 Å². The molecule has 0 bridgehead atoms. The highest BCUT2D eigenvalue weighted by Crippen LogP contribution is 2.50. The molecule has 2 atom stereocenters. The smallest absolute Gasteiger partial charge is 0.310 e. The molecular formula is C15H17Cl2NO3. The minimum absolute atomic E-state index is 0.0858. The summed E-state index contributed by atoms with van der Waals surface area (Å²) in [6.45, 7) is 3.27. The lowest BCUT2D eigenvalue weighted by Crippen LogP contribution is -2.39. The first kappa shape index (κ1) is 16.1. The second-order valence-corrected chi connectivity index (χ2v) is 6.86. The summed E-state index contributed by atoms with van der Waals surface area (Å²) in [5, 5.41) is 12.9. The van der Waals surface area contributed by atoms with Gasteiger partial charge in [-0.1, -0.05) is 29.3 Å². The molecule has 2 rings (SSSR count). The van der Waals surface area contributed by atoms with Gasteiger partial charge in [0.1, 0.15) is 0 Å². The highest BCUT2D eigenvalue weighted by Gasteiger charge is 2.45. The maximum atomic E-state index is 12.1. The Morgan fingerprint density at radius 3 is 2.62 bits per heavy atom. The molecule has 21 heavy (non-hydrogen) atoms. The summed E-state index contributed by atoms with van der Waals surface area (Å²) in [4.78, 5) is 23.1. The maximum Gasteiger partial charge on any atom is 0.310 e. The van der Waals surface area contributed by atoms with Gasteiger partial charge in [0.25, 0.3) is 0 Å². The van der Waals surface area contributed by atoms with E-state index in [1.54, 1.807) is 26.0 Å². The standard InChI is InChI=1S/C15H17Cl2NO3/c1-15(2,14(20)21)7-18-13(19)11-6-10(11)9-4-3-8(16)5-12(9)17/h3-5,10-11H,6-7H2,1-2H3,(H,18,19)(H,20,21). The minimum atomic E-state index is -0.974. The molecule has 0 saturated heterocycles. The molecule has 1 aromatic carbocycles. The van der Waals surface area contributed by atoms with Crippen LogP contribution in [0.4, 0.5) is 0 Å². The zero-order valence-corrected chi connectivity index (χ0v) is 13.3. The van der Waals surface area contributed by atoms with Crippen molar-refractivity contribution in [3.63, 3.8) is 0 Å². The van der Waals surface area contributed by atoms with Crippen molar-refractivity contribution < 1.29 is 14.7 Å². The molecule has 2 N–H and O–H groups in total. The van der Waals surface area contributed by atoms with Crippen molar-refractivity contribution in [2.45, 2.75) is 26.2 Å².